The number of hydrogen-bond donors (Lipinski definition) is 1. The molecule has 0 radical (unpaired) electrons. The van der Waals surface area contributed by atoms with E-state index in [4.69, 9.17) is 39.5 Å². The highest BCUT2D eigenvalue weighted by atomic mass is 35.5. The Balaban J connectivity index is 2.07. The molecule has 0 spiro atoms. The predicted octanol–water partition coefficient (Wildman–Crippen LogP) is 4.96. The number of ether oxygens (including phenoxy) is 1. The van der Waals surface area contributed by atoms with Crippen LogP contribution in [0.25, 0.3) is 0 Å². The van der Waals surface area contributed by atoms with E-state index in [0.29, 0.717) is 10.8 Å². The van der Waals surface area contributed by atoms with Crippen LogP contribution in [0, 0.1) is 10.1 Å². The number of nitro groups is 1. The lowest BCUT2D eigenvalue weighted by molar-refractivity contribution is -0.384. The van der Waals surface area contributed by atoms with Crippen molar-refractivity contribution in [1.82, 2.24) is 0 Å². The Kier molecular flexibility index (Phi) is 5.88. The van der Waals surface area contributed by atoms with Crippen LogP contribution in [0.3, 0.4) is 0 Å². The van der Waals surface area contributed by atoms with Crippen LogP contribution in [-0.4, -0.2) is 16.9 Å². The zero-order chi connectivity index (χ0) is 17.9. The average molecular weight is 390 g/mol. The van der Waals surface area contributed by atoms with Crippen LogP contribution in [0.2, 0.25) is 15.1 Å². The fraction of sp³-hybridized carbons (Fsp3) is 0.133. The van der Waals surface area contributed by atoms with Crippen molar-refractivity contribution >= 4 is 52.1 Å². The molecule has 24 heavy (non-hydrogen) atoms. The van der Waals surface area contributed by atoms with Crippen LogP contribution >= 0.6 is 34.8 Å². The van der Waals surface area contributed by atoms with Gasteiger partial charge in [-0.05, 0) is 31.2 Å². The van der Waals surface area contributed by atoms with Crippen LogP contribution in [0.5, 0.6) is 5.75 Å². The van der Waals surface area contributed by atoms with Gasteiger partial charge in [-0.3, -0.25) is 14.9 Å². The first-order valence-corrected chi connectivity index (χ1v) is 7.78. The monoisotopic (exact) mass is 388 g/mol. The van der Waals surface area contributed by atoms with Gasteiger partial charge < -0.3 is 10.1 Å². The topological polar surface area (TPSA) is 81.5 Å². The molecule has 0 aromatic heterocycles. The first kappa shape index (κ1) is 18.3. The lowest BCUT2D eigenvalue weighted by Crippen LogP contribution is -2.30. The lowest BCUT2D eigenvalue weighted by Gasteiger charge is -2.16. The van der Waals surface area contributed by atoms with Gasteiger partial charge in [-0.25, -0.2) is 0 Å². The van der Waals surface area contributed by atoms with Crippen LogP contribution in [0.15, 0.2) is 36.4 Å². The summed E-state index contributed by atoms with van der Waals surface area (Å²) in [5.41, 5.74) is 0.0696. The molecule has 1 unspecified atom stereocenters. The van der Waals surface area contributed by atoms with E-state index in [1.165, 1.54) is 25.1 Å². The van der Waals surface area contributed by atoms with E-state index in [-0.39, 0.29) is 21.4 Å². The molecule has 9 heteroatoms. The molecule has 2 rings (SSSR count). The highest BCUT2D eigenvalue weighted by Crippen LogP contribution is 2.29. The molecule has 0 aliphatic rings. The second-order valence-corrected chi connectivity index (χ2v) is 6.00. The Morgan fingerprint density at radius 1 is 1.17 bits per heavy atom. The van der Waals surface area contributed by atoms with Crippen molar-refractivity contribution in [2.24, 2.45) is 0 Å². The molecule has 0 fully saturated rings. The minimum atomic E-state index is -0.880. The van der Waals surface area contributed by atoms with E-state index >= 15 is 0 Å². The third-order valence-electron chi connectivity index (χ3n) is 2.99. The summed E-state index contributed by atoms with van der Waals surface area (Å²) >= 11 is 17.7. The van der Waals surface area contributed by atoms with Crippen LogP contribution in [-0.2, 0) is 4.79 Å². The summed E-state index contributed by atoms with van der Waals surface area (Å²) in [6.07, 6.45) is -0.880. The van der Waals surface area contributed by atoms with Gasteiger partial charge in [0.15, 0.2) is 6.10 Å². The Morgan fingerprint density at radius 2 is 1.88 bits per heavy atom. The Morgan fingerprint density at radius 3 is 2.46 bits per heavy atom. The summed E-state index contributed by atoms with van der Waals surface area (Å²) in [7, 11) is 0. The molecular formula is C15H11Cl3N2O4. The second-order valence-electron chi connectivity index (χ2n) is 4.75. The molecule has 0 heterocycles. The van der Waals surface area contributed by atoms with E-state index in [0.717, 1.165) is 6.07 Å². The summed E-state index contributed by atoms with van der Waals surface area (Å²) < 4.78 is 5.48. The molecule has 6 nitrogen and oxygen atoms in total. The summed E-state index contributed by atoms with van der Waals surface area (Å²) in [4.78, 5) is 22.3. The fourth-order valence-corrected chi connectivity index (χ4v) is 2.44. The molecule has 2 aromatic rings. The van der Waals surface area contributed by atoms with Crippen molar-refractivity contribution in [2.45, 2.75) is 13.0 Å². The quantitative estimate of drug-likeness (QED) is 0.579. The maximum absolute atomic E-state index is 12.2. The molecule has 2 aromatic carbocycles. The Hall–Kier alpha value is -2.02. The standard InChI is InChI=1S/C15H11Cl3N2O4/c1-8(24-14-5-2-9(16)6-12(14)18)15(21)19-13-4-3-10(20(22)23)7-11(13)17/h2-8H,1H3,(H,19,21). The number of anilines is 1. The van der Waals surface area contributed by atoms with Crippen molar-refractivity contribution in [3.05, 3.63) is 61.6 Å². The van der Waals surface area contributed by atoms with E-state index in [1.807, 2.05) is 0 Å². The highest BCUT2D eigenvalue weighted by molar-refractivity contribution is 6.35. The number of hydrogen-bond acceptors (Lipinski definition) is 4. The molecule has 0 aliphatic carbocycles. The normalized spacial score (nSPS) is 11.7. The molecule has 1 N–H and O–H groups in total. The van der Waals surface area contributed by atoms with E-state index in [9.17, 15) is 14.9 Å². The number of halogens is 3. The summed E-state index contributed by atoms with van der Waals surface area (Å²) in [5.74, 6) is -0.185. The van der Waals surface area contributed by atoms with Gasteiger partial charge in [0, 0.05) is 17.2 Å². The Labute approximate surface area is 152 Å². The third-order valence-corrected chi connectivity index (χ3v) is 3.83. The molecule has 126 valence electrons. The van der Waals surface area contributed by atoms with E-state index in [2.05, 4.69) is 5.32 Å². The second kappa shape index (κ2) is 7.70. The maximum atomic E-state index is 12.2. The van der Waals surface area contributed by atoms with Gasteiger partial charge in [-0.15, -0.1) is 0 Å². The SMILES string of the molecule is CC(Oc1ccc(Cl)cc1Cl)C(=O)Nc1ccc([N+](=O)[O-])cc1Cl. The number of nitrogens with one attached hydrogen (secondary N) is 1. The summed E-state index contributed by atoms with van der Waals surface area (Å²) in [6, 6.07) is 8.37. The first-order chi connectivity index (χ1) is 11.3. The summed E-state index contributed by atoms with van der Waals surface area (Å²) in [5, 5.41) is 14.0. The zero-order valence-electron chi connectivity index (χ0n) is 12.3. The highest BCUT2D eigenvalue weighted by Gasteiger charge is 2.18. The number of rotatable bonds is 5. The number of amides is 1. The molecule has 1 amide bonds. The van der Waals surface area contributed by atoms with Gasteiger partial charge in [0.05, 0.1) is 20.7 Å². The van der Waals surface area contributed by atoms with Gasteiger partial charge in [-0.1, -0.05) is 34.8 Å². The number of carbonyl (C=O) groups is 1. The van der Waals surface area contributed by atoms with Crippen molar-refractivity contribution in [2.75, 3.05) is 5.32 Å². The largest absolute Gasteiger partial charge is 0.479 e. The minimum Gasteiger partial charge on any atom is -0.479 e. The smallest absolute Gasteiger partial charge is 0.271 e. The number of non-ortho nitro benzene ring substituents is 1. The first-order valence-electron chi connectivity index (χ1n) is 6.64. The number of carbonyl (C=O) groups excluding carboxylic acids is 1. The van der Waals surface area contributed by atoms with Gasteiger partial charge in [-0.2, -0.15) is 0 Å². The fourth-order valence-electron chi connectivity index (χ4n) is 1.77. The zero-order valence-corrected chi connectivity index (χ0v) is 14.5. The van der Waals surface area contributed by atoms with Crippen LogP contribution < -0.4 is 10.1 Å². The predicted molar refractivity (Wildman–Crippen MR) is 93.3 cm³/mol. The molecular weight excluding hydrogens is 379 g/mol. The van der Waals surface area contributed by atoms with Gasteiger partial charge in [0.1, 0.15) is 5.75 Å². The number of nitrogens with zero attached hydrogens (tertiary/aromatic N) is 1. The molecule has 0 bridgehead atoms. The van der Waals surface area contributed by atoms with Crippen molar-refractivity contribution in [3.8, 4) is 5.75 Å². The molecule has 0 saturated heterocycles. The Bertz CT molecular complexity index is 798. The average Bonchev–Trinajstić information content (AvgIpc) is 2.51. The van der Waals surface area contributed by atoms with E-state index < -0.39 is 16.9 Å². The number of benzene rings is 2. The van der Waals surface area contributed by atoms with Gasteiger partial charge in [0.25, 0.3) is 11.6 Å². The van der Waals surface area contributed by atoms with Gasteiger partial charge >= 0.3 is 0 Å². The van der Waals surface area contributed by atoms with E-state index in [1.54, 1.807) is 12.1 Å². The molecule has 0 aliphatic heterocycles. The van der Waals surface area contributed by atoms with Crippen molar-refractivity contribution in [3.63, 3.8) is 0 Å². The van der Waals surface area contributed by atoms with Crippen molar-refractivity contribution < 1.29 is 14.5 Å². The third kappa shape index (κ3) is 4.50. The van der Waals surface area contributed by atoms with Crippen LogP contribution in [0.1, 0.15) is 6.92 Å². The van der Waals surface area contributed by atoms with Gasteiger partial charge in [0.2, 0.25) is 0 Å². The molecule has 0 saturated carbocycles. The summed E-state index contributed by atoms with van der Waals surface area (Å²) in [6.45, 7) is 1.53. The minimum absolute atomic E-state index is 0.0503. The van der Waals surface area contributed by atoms with Crippen LogP contribution in [0.4, 0.5) is 11.4 Å². The lowest BCUT2D eigenvalue weighted by atomic mass is 10.2. The number of nitro benzene ring substituents is 1. The molecule has 1 atom stereocenters. The maximum Gasteiger partial charge on any atom is 0.271 e. The van der Waals surface area contributed by atoms with Crippen molar-refractivity contribution in [1.29, 1.82) is 0 Å².